The molecule has 0 saturated carbocycles. The smallest absolute Gasteiger partial charge is 0.310 e. The number of rotatable bonds is 5. The topological polar surface area (TPSA) is 38.3 Å². The summed E-state index contributed by atoms with van der Waals surface area (Å²) >= 11 is 3.46. The van der Waals surface area contributed by atoms with Crippen LogP contribution in [0.15, 0.2) is 22.7 Å². The Bertz CT molecular complexity index is 393. The Morgan fingerprint density at radius 1 is 1.53 bits per heavy atom. The number of hydrogen-bond donors (Lipinski definition) is 1. The molecule has 4 heteroatoms. The third kappa shape index (κ3) is 4.04. The Hall–Kier alpha value is -1.03. The first-order chi connectivity index (χ1) is 8.08. The largest absolute Gasteiger partial charge is 0.469 e. The fraction of sp³-hybridized carbons (Fsp3) is 0.462. The van der Waals surface area contributed by atoms with E-state index < -0.39 is 0 Å². The van der Waals surface area contributed by atoms with Gasteiger partial charge in [0.05, 0.1) is 13.0 Å². The number of esters is 1. The maximum Gasteiger partial charge on any atom is 0.310 e. The molecule has 0 spiro atoms. The molecule has 0 aliphatic heterocycles. The zero-order valence-electron chi connectivity index (χ0n) is 10.4. The molecular weight excluding hydrogens is 282 g/mol. The highest BCUT2D eigenvalue weighted by Gasteiger charge is 2.16. The minimum Gasteiger partial charge on any atom is -0.469 e. The van der Waals surface area contributed by atoms with Gasteiger partial charge in [-0.2, -0.15) is 0 Å². The maximum absolute atomic E-state index is 11.4. The number of hydrogen-bond acceptors (Lipinski definition) is 3. The minimum atomic E-state index is -0.158. The van der Waals surface area contributed by atoms with Crippen LogP contribution in [0.1, 0.15) is 18.9 Å². The second kappa shape index (κ2) is 6.64. The van der Waals surface area contributed by atoms with E-state index in [9.17, 15) is 4.79 Å². The van der Waals surface area contributed by atoms with Gasteiger partial charge >= 0.3 is 5.97 Å². The van der Waals surface area contributed by atoms with Gasteiger partial charge in [-0.05, 0) is 37.1 Å². The van der Waals surface area contributed by atoms with E-state index in [-0.39, 0.29) is 11.9 Å². The second-order valence-electron chi connectivity index (χ2n) is 3.97. The quantitative estimate of drug-likeness (QED) is 0.847. The van der Waals surface area contributed by atoms with E-state index in [1.165, 1.54) is 12.7 Å². The highest BCUT2D eigenvalue weighted by Crippen LogP contribution is 2.20. The predicted octanol–water partition coefficient (Wildman–Crippen LogP) is 3.37. The first-order valence-corrected chi connectivity index (χ1v) is 6.45. The van der Waals surface area contributed by atoms with Gasteiger partial charge in [-0.25, -0.2) is 0 Å². The fourth-order valence-corrected chi connectivity index (χ4v) is 1.80. The minimum absolute atomic E-state index is 0.0936. The van der Waals surface area contributed by atoms with Crippen molar-refractivity contribution in [1.29, 1.82) is 0 Å². The average molecular weight is 300 g/mol. The van der Waals surface area contributed by atoms with Crippen LogP contribution >= 0.6 is 15.9 Å². The van der Waals surface area contributed by atoms with Crippen LogP contribution in [0.25, 0.3) is 0 Å². The Labute approximate surface area is 111 Å². The summed E-state index contributed by atoms with van der Waals surface area (Å²) in [5.74, 6) is -0.252. The van der Waals surface area contributed by atoms with E-state index >= 15 is 0 Å². The molecule has 3 nitrogen and oxygen atoms in total. The molecule has 0 saturated heterocycles. The summed E-state index contributed by atoms with van der Waals surface area (Å²) in [5, 5.41) is 3.26. The molecule has 0 aromatic heterocycles. The SMILES string of the molecule is CCC(CNc1ccc(Br)c(C)c1)C(=O)OC. The van der Waals surface area contributed by atoms with Gasteiger partial charge < -0.3 is 10.1 Å². The van der Waals surface area contributed by atoms with Crippen molar-refractivity contribution >= 4 is 27.6 Å². The zero-order valence-corrected chi connectivity index (χ0v) is 12.0. The number of carbonyl (C=O) groups is 1. The maximum atomic E-state index is 11.4. The first-order valence-electron chi connectivity index (χ1n) is 5.66. The van der Waals surface area contributed by atoms with Crippen LogP contribution in [0.4, 0.5) is 5.69 Å². The summed E-state index contributed by atoms with van der Waals surface area (Å²) in [5.41, 5.74) is 2.19. The highest BCUT2D eigenvalue weighted by molar-refractivity contribution is 9.10. The number of aryl methyl sites for hydroxylation is 1. The van der Waals surface area contributed by atoms with Crippen molar-refractivity contribution in [3.05, 3.63) is 28.2 Å². The summed E-state index contributed by atoms with van der Waals surface area (Å²) in [6.07, 6.45) is 0.773. The van der Waals surface area contributed by atoms with Crippen molar-refractivity contribution < 1.29 is 9.53 Å². The van der Waals surface area contributed by atoms with Gasteiger partial charge in [0, 0.05) is 16.7 Å². The van der Waals surface area contributed by atoms with Crippen LogP contribution in [0.3, 0.4) is 0 Å². The summed E-state index contributed by atoms with van der Waals surface area (Å²) in [4.78, 5) is 11.4. The molecule has 94 valence electrons. The van der Waals surface area contributed by atoms with Gasteiger partial charge in [0.15, 0.2) is 0 Å². The first kappa shape index (κ1) is 14.0. The molecule has 1 aromatic carbocycles. The van der Waals surface area contributed by atoms with Crippen molar-refractivity contribution in [2.24, 2.45) is 5.92 Å². The van der Waals surface area contributed by atoms with Gasteiger partial charge in [-0.1, -0.05) is 22.9 Å². The van der Waals surface area contributed by atoms with Gasteiger partial charge in [0.1, 0.15) is 0 Å². The number of benzene rings is 1. The lowest BCUT2D eigenvalue weighted by Gasteiger charge is -2.14. The van der Waals surface area contributed by atoms with Crippen LogP contribution in [0.5, 0.6) is 0 Å². The van der Waals surface area contributed by atoms with Crippen LogP contribution in [0.2, 0.25) is 0 Å². The lowest BCUT2D eigenvalue weighted by Crippen LogP contribution is -2.23. The van der Waals surface area contributed by atoms with Crippen LogP contribution < -0.4 is 5.32 Å². The molecule has 17 heavy (non-hydrogen) atoms. The molecule has 0 heterocycles. The summed E-state index contributed by atoms with van der Waals surface area (Å²) < 4.78 is 5.83. The Balaban J connectivity index is 2.59. The monoisotopic (exact) mass is 299 g/mol. The fourth-order valence-electron chi connectivity index (χ4n) is 1.56. The molecule has 0 aliphatic rings. The summed E-state index contributed by atoms with van der Waals surface area (Å²) in [7, 11) is 1.43. The third-order valence-corrected chi connectivity index (χ3v) is 3.63. The van der Waals surface area contributed by atoms with Crippen LogP contribution in [-0.2, 0) is 9.53 Å². The number of nitrogens with one attached hydrogen (secondary N) is 1. The lowest BCUT2D eigenvalue weighted by atomic mass is 10.1. The molecule has 0 bridgehead atoms. The third-order valence-electron chi connectivity index (χ3n) is 2.74. The van der Waals surface area contributed by atoms with Crippen molar-refractivity contribution in [1.82, 2.24) is 0 Å². The predicted molar refractivity (Wildman–Crippen MR) is 73.2 cm³/mol. The Morgan fingerprint density at radius 3 is 2.76 bits per heavy atom. The Morgan fingerprint density at radius 2 is 2.24 bits per heavy atom. The molecule has 1 atom stereocenters. The van der Waals surface area contributed by atoms with Gasteiger partial charge in [-0.15, -0.1) is 0 Å². The van der Waals surface area contributed by atoms with Crippen LogP contribution in [0, 0.1) is 12.8 Å². The molecule has 1 unspecified atom stereocenters. The van der Waals surface area contributed by atoms with E-state index in [0.717, 1.165) is 16.6 Å². The molecular formula is C13H18BrNO2. The second-order valence-corrected chi connectivity index (χ2v) is 4.83. The van der Waals surface area contributed by atoms with E-state index in [1.807, 2.05) is 32.0 Å². The van der Waals surface area contributed by atoms with Gasteiger partial charge in [0.2, 0.25) is 0 Å². The normalized spacial score (nSPS) is 12.0. The number of anilines is 1. The van der Waals surface area contributed by atoms with Gasteiger partial charge in [0.25, 0.3) is 0 Å². The molecule has 1 rings (SSSR count). The Kier molecular flexibility index (Phi) is 5.48. The zero-order chi connectivity index (χ0) is 12.8. The van der Waals surface area contributed by atoms with Crippen molar-refractivity contribution in [2.45, 2.75) is 20.3 Å². The van der Waals surface area contributed by atoms with Crippen molar-refractivity contribution in [3.8, 4) is 0 Å². The molecule has 0 fully saturated rings. The van der Waals surface area contributed by atoms with Crippen LogP contribution in [-0.4, -0.2) is 19.6 Å². The standard InChI is InChI=1S/C13H18BrNO2/c1-4-10(13(16)17-3)8-15-11-5-6-12(14)9(2)7-11/h5-7,10,15H,4,8H2,1-3H3. The molecule has 1 aromatic rings. The summed E-state index contributed by atoms with van der Waals surface area (Å²) in [6.45, 7) is 4.62. The molecule has 1 N–H and O–H groups in total. The number of halogens is 1. The van der Waals surface area contributed by atoms with Crippen molar-refractivity contribution in [2.75, 3.05) is 19.0 Å². The van der Waals surface area contributed by atoms with Gasteiger partial charge in [-0.3, -0.25) is 4.79 Å². The highest BCUT2D eigenvalue weighted by atomic mass is 79.9. The molecule has 0 aliphatic carbocycles. The molecule has 0 radical (unpaired) electrons. The van der Waals surface area contributed by atoms with Crippen molar-refractivity contribution in [3.63, 3.8) is 0 Å². The number of carbonyl (C=O) groups excluding carboxylic acids is 1. The van der Waals surface area contributed by atoms with E-state index in [2.05, 4.69) is 21.2 Å². The number of methoxy groups -OCH3 is 1. The average Bonchev–Trinajstić information content (AvgIpc) is 2.33. The molecule has 0 amide bonds. The van der Waals surface area contributed by atoms with E-state index in [0.29, 0.717) is 6.54 Å². The number of ether oxygens (including phenoxy) is 1. The summed E-state index contributed by atoms with van der Waals surface area (Å²) in [6, 6.07) is 6.03. The lowest BCUT2D eigenvalue weighted by molar-refractivity contribution is -0.145. The van der Waals surface area contributed by atoms with E-state index in [1.54, 1.807) is 0 Å². The van der Waals surface area contributed by atoms with E-state index in [4.69, 9.17) is 4.74 Å².